The summed E-state index contributed by atoms with van der Waals surface area (Å²) in [4.78, 5) is 4.08. The first-order valence-corrected chi connectivity index (χ1v) is 6.40. The molecular formula is C13H17N5O. The predicted octanol–water partition coefficient (Wildman–Crippen LogP) is 0.614. The summed E-state index contributed by atoms with van der Waals surface area (Å²) in [6.07, 6.45) is 3.60. The Labute approximate surface area is 111 Å². The molecule has 19 heavy (non-hydrogen) atoms. The number of hydrogen-bond donors (Lipinski definition) is 1. The number of aromatic nitrogens is 4. The number of ether oxygens (including phenoxy) is 1. The van der Waals surface area contributed by atoms with Crippen LogP contribution in [0, 0.1) is 0 Å². The molecule has 0 amide bonds. The zero-order valence-corrected chi connectivity index (χ0v) is 10.9. The standard InChI is InChI=1S/C13H17N5O/c1-18-13-11(6-15-7-12(13)16-17-18)9-19-8-10-3-2-4-14-5-10/h2-5,11,15H,6-9H2,1H3/t11-/m0/s1. The Kier molecular flexibility index (Phi) is 3.52. The van der Waals surface area contributed by atoms with Crippen molar-refractivity contribution in [1.29, 1.82) is 0 Å². The molecule has 2 aromatic rings. The lowest BCUT2D eigenvalue weighted by atomic mass is 10.0. The molecule has 1 aliphatic rings. The van der Waals surface area contributed by atoms with E-state index in [1.165, 1.54) is 5.69 Å². The van der Waals surface area contributed by atoms with Crippen molar-refractivity contribution in [3.63, 3.8) is 0 Å². The minimum Gasteiger partial charge on any atom is -0.376 e. The van der Waals surface area contributed by atoms with Gasteiger partial charge < -0.3 is 10.1 Å². The third-order valence-electron chi connectivity index (χ3n) is 3.32. The molecule has 6 heteroatoms. The van der Waals surface area contributed by atoms with Crippen molar-refractivity contribution in [1.82, 2.24) is 25.3 Å². The Bertz CT molecular complexity index is 539. The summed E-state index contributed by atoms with van der Waals surface area (Å²) in [6, 6.07) is 3.94. The fourth-order valence-electron chi connectivity index (χ4n) is 2.43. The third kappa shape index (κ3) is 2.64. The van der Waals surface area contributed by atoms with Gasteiger partial charge in [0, 0.05) is 38.4 Å². The number of pyridine rings is 1. The first-order valence-electron chi connectivity index (χ1n) is 6.40. The van der Waals surface area contributed by atoms with Crippen LogP contribution in [0.15, 0.2) is 24.5 Å². The molecule has 3 heterocycles. The van der Waals surface area contributed by atoms with Crippen molar-refractivity contribution in [3.05, 3.63) is 41.5 Å². The third-order valence-corrected chi connectivity index (χ3v) is 3.32. The lowest BCUT2D eigenvalue weighted by Gasteiger charge is -2.23. The summed E-state index contributed by atoms with van der Waals surface area (Å²) >= 11 is 0. The molecule has 2 aromatic heterocycles. The average molecular weight is 259 g/mol. The summed E-state index contributed by atoms with van der Waals surface area (Å²) < 4.78 is 7.65. The highest BCUT2D eigenvalue weighted by Crippen LogP contribution is 2.22. The van der Waals surface area contributed by atoms with Crippen molar-refractivity contribution in [2.75, 3.05) is 13.2 Å². The van der Waals surface area contributed by atoms with E-state index in [-0.39, 0.29) is 0 Å². The second kappa shape index (κ2) is 5.46. The Morgan fingerprint density at radius 1 is 1.53 bits per heavy atom. The van der Waals surface area contributed by atoms with Crippen LogP contribution in [0.25, 0.3) is 0 Å². The molecule has 1 aliphatic heterocycles. The Morgan fingerprint density at radius 3 is 3.32 bits per heavy atom. The second-order valence-corrected chi connectivity index (χ2v) is 4.75. The highest BCUT2D eigenvalue weighted by molar-refractivity contribution is 5.19. The molecule has 0 fully saturated rings. The van der Waals surface area contributed by atoms with Crippen molar-refractivity contribution in [3.8, 4) is 0 Å². The Hall–Kier alpha value is -1.79. The minimum atomic E-state index is 0.306. The van der Waals surface area contributed by atoms with E-state index < -0.39 is 0 Å². The molecule has 1 atom stereocenters. The van der Waals surface area contributed by atoms with Crippen LogP contribution in [0.1, 0.15) is 22.9 Å². The Balaban J connectivity index is 1.61. The molecule has 0 spiro atoms. The minimum absolute atomic E-state index is 0.306. The molecule has 3 rings (SSSR count). The van der Waals surface area contributed by atoms with E-state index in [4.69, 9.17) is 4.74 Å². The van der Waals surface area contributed by atoms with Gasteiger partial charge >= 0.3 is 0 Å². The zero-order chi connectivity index (χ0) is 13.1. The van der Waals surface area contributed by atoms with Crippen molar-refractivity contribution in [2.45, 2.75) is 19.1 Å². The van der Waals surface area contributed by atoms with Crippen LogP contribution in [-0.4, -0.2) is 33.1 Å². The highest BCUT2D eigenvalue weighted by atomic mass is 16.5. The van der Waals surface area contributed by atoms with Gasteiger partial charge in [0.15, 0.2) is 0 Å². The maximum Gasteiger partial charge on any atom is 0.100 e. The van der Waals surface area contributed by atoms with Gasteiger partial charge in [0.05, 0.1) is 18.9 Å². The van der Waals surface area contributed by atoms with Crippen LogP contribution < -0.4 is 5.32 Å². The number of hydrogen-bond acceptors (Lipinski definition) is 5. The molecule has 0 saturated carbocycles. The van der Waals surface area contributed by atoms with E-state index in [2.05, 4.69) is 20.6 Å². The SMILES string of the molecule is Cn1nnc2c1[C@H](COCc1cccnc1)CNC2. The highest BCUT2D eigenvalue weighted by Gasteiger charge is 2.25. The summed E-state index contributed by atoms with van der Waals surface area (Å²) in [6.45, 7) is 2.95. The van der Waals surface area contributed by atoms with Crippen LogP contribution in [-0.2, 0) is 24.9 Å². The van der Waals surface area contributed by atoms with E-state index in [1.807, 2.05) is 30.1 Å². The van der Waals surface area contributed by atoms with Crippen molar-refractivity contribution < 1.29 is 4.74 Å². The molecule has 0 aromatic carbocycles. The summed E-state index contributed by atoms with van der Waals surface area (Å²) in [5, 5.41) is 11.6. The normalized spacial score (nSPS) is 18.3. The van der Waals surface area contributed by atoms with Crippen LogP contribution in [0.5, 0.6) is 0 Å². The fraction of sp³-hybridized carbons (Fsp3) is 0.462. The first-order chi connectivity index (χ1) is 9.34. The monoisotopic (exact) mass is 259 g/mol. The molecule has 1 N–H and O–H groups in total. The maximum absolute atomic E-state index is 5.79. The molecular weight excluding hydrogens is 242 g/mol. The molecule has 0 radical (unpaired) electrons. The summed E-state index contributed by atoms with van der Waals surface area (Å²) in [5.41, 5.74) is 3.31. The molecule has 0 aliphatic carbocycles. The lowest BCUT2D eigenvalue weighted by Crippen LogP contribution is -2.31. The number of nitrogens with one attached hydrogen (secondary N) is 1. The number of nitrogens with zero attached hydrogens (tertiary/aromatic N) is 4. The van der Waals surface area contributed by atoms with Gasteiger partial charge in [-0.25, -0.2) is 0 Å². The van der Waals surface area contributed by atoms with Crippen LogP contribution in [0.2, 0.25) is 0 Å². The lowest BCUT2D eigenvalue weighted by molar-refractivity contribution is 0.102. The van der Waals surface area contributed by atoms with Gasteiger partial charge in [-0.15, -0.1) is 5.10 Å². The van der Waals surface area contributed by atoms with Crippen molar-refractivity contribution >= 4 is 0 Å². The molecule has 0 saturated heterocycles. The number of rotatable bonds is 4. The van der Waals surface area contributed by atoms with Crippen LogP contribution in [0.3, 0.4) is 0 Å². The quantitative estimate of drug-likeness (QED) is 0.871. The van der Waals surface area contributed by atoms with Gasteiger partial charge in [-0.2, -0.15) is 0 Å². The van der Waals surface area contributed by atoms with Gasteiger partial charge in [-0.05, 0) is 11.6 Å². The van der Waals surface area contributed by atoms with Crippen molar-refractivity contribution in [2.24, 2.45) is 7.05 Å². The van der Waals surface area contributed by atoms with Gasteiger partial charge in [0.1, 0.15) is 5.69 Å². The van der Waals surface area contributed by atoms with E-state index in [1.54, 1.807) is 6.20 Å². The zero-order valence-electron chi connectivity index (χ0n) is 10.9. The van der Waals surface area contributed by atoms with E-state index in [0.717, 1.165) is 24.3 Å². The predicted molar refractivity (Wildman–Crippen MR) is 69.3 cm³/mol. The maximum atomic E-state index is 5.79. The van der Waals surface area contributed by atoms with E-state index in [9.17, 15) is 0 Å². The smallest absolute Gasteiger partial charge is 0.100 e. The number of aryl methyl sites for hydroxylation is 1. The Morgan fingerprint density at radius 2 is 2.47 bits per heavy atom. The largest absolute Gasteiger partial charge is 0.376 e. The van der Waals surface area contributed by atoms with Gasteiger partial charge in [-0.3, -0.25) is 9.67 Å². The summed E-state index contributed by atoms with van der Waals surface area (Å²) in [5.74, 6) is 0.306. The number of fused-ring (bicyclic) bond motifs is 1. The molecule has 0 unspecified atom stereocenters. The van der Waals surface area contributed by atoms with Crippen LogP contribution >= 0.6 is 0 Å². The fourth-order valence-corrected chi connectivity index (χ4v) is 2.43. The van der Waals surface area contributed by atoms with E-state index in [0.29, 0.717) is 19.1 Å². The summed E-state index contributed by atoms with van der Waals surface area (Å²) in [7, 11) is 1.94. The van der Waals surface area contributed by atoms with Crippen LogP contribution in [0.4, 0.5) is 0 Å². The molecule has 0 bridgehead atoms. The second-order valence-electron chi connectivity index (χ2n) is 4.75. The van der Waals surface area contributed by atoms with Gasteiger partial charge in [0.25, 0.3) is 0 Å². The first kappa shape index (κ1) is 12.3. The topological polar surface area (TPSA) is 64.9 Å². The molecule has 6 nitrogen and oxygen atoms in total. The van der Waals surface area contributed by atoms with Gasteiger partial charge in [0.2, 0.25) is 0 Å². The average Bonchev–Trinajstić information content (AvgIpc) is 2.83. The molecule has 100 valence electrons. The van der Waals surface area contributed by atoms with Gasteiger partial charge in [-0.1, -0.05) is 11.3 Å². The van der Waals surface area contributed by atoms with E-state index >= 15 is 0 Å².